The number of hydrogen-bond acceptors (Lipinski definition) is 5. The van der Waals surface area contributed by atoms with Crippen LogP contribution in [0.3, 0.4) is 0 Å². The summed E-state index contributed by atoms with van der Waals surface area (Å²) in [5, 5.41) is 0.250. The highest BCUT2D eigenvalue weighted by Gasteiger charge is 2.31. The van der Waals surface area contributed by atoms with E-state index in [-0.39, 0.29) is 10.9 Å². The van der Waals surface area contributed by atoms with E-state index in [4.69, 9.17) is 21.1 Å². The second-order valence-electron chi connectivity index (χ2n) is 8.45. The fourth-order valence-corrected chi connectivity index (χ4v) is 4.72. The SMILES string of the molecule is COc1cc(N2Cc3ccc(-c4ccc(F)cc4Cl)nc3C2=O)ccc1OCCN1CCCC1. The molecule has 176 valence electrons. The van der Waals surface area contributed by atoms with E-state index in [0.717, 1.165) is 25.2 Å². The van der Waals surface area contributed by atoms with Crippen molar-refractivity contribution >= 4 is 23.2 Å². The molecule has 6 nitrogen and oxygen atoms in total. The monoisotopic (exact) mass is 481 g/mol. The molecule has 0 unspecified atom stereocenters. The van der Waals surface area contributed by atoms with Gasteiger partial charge in [0, 0.05) is 29.4 Å². The van der Waals surface area contributed by atoms with Crippen LogP contribution in [0.4, 0.5) is 10.1 Å². The van der Waals surface area contributed by atoms with Crippen LogP contribution in [-0.2, 0) is 6.54 Å². The molecule has 1 fully saturated rings. The lowest BCUT2D eigenvalue weighted by atomic mass is 10.1. The zero-order valence-corrected chi connectivity index (χ0v) is 19.6. The van der Waals surface area contributed by atoms with Crippen molar-refractivity contribution in [2.45, 2.75) is 19.4 Å². The third-order valence-corrected chi connectivity index (χ3v) is 6.60. The molecule has 0 N–H and O–H groups in total. The Balaban J connectivity index is 1.33. The quantitative estimate of drug-likeness (QED) is 0.465. The molecule has 1 aromatic heterocycles. The van der Waals surface area contributed by atoms with Crippen LogP contribution in [0.2, 0.25) is 5.02 Å². The first-order valence-corrected chi connectivity index (χ1v) is 11.7. The molecule has 8 heteroatoms. The fraction of sp³-hybridized carbons (Fsp3) is 0.308. The summed E-state index contributed by atoms with van der Waals surface area (Å²) in [7, 11) is 1.59. The lowest BCUT2D eigenvalue weighted by Crippen LogP contribution is -2.25. The van der Waals surface area contributed by atoms with Gasteiger partial charge in [-0.2, -0.15) is 0 Å². The molecule has 2 aliphatic rings. The summed E-state index contributed by atoms with van der Waals surface area (Å²) in [4.78, 5) is 21.8. The van der Waals surface area contributed by atoms with Gasteiger partial charge >= 0.3 is 0 Å². The number of methoxy groups -OCH3 is 1. The molecule has 0 saturated carbocycles. The van der Waals surface area contributed by atoms with E-state index < -0.39 is 5.82 Å². The minimum atomic E-state index is -0.422. The van der Waals surface area contributed by atoms with Gasteiger partial charge in [-0.3, -0.25) is 9.69 Å². The molecular formula is C26H25ClFN3O3. The molecule has 0 bridgehead atoms. The normalized spacial score (nSPS) is 15.6. The fourth-order valence-electron chi connectivity index (χ4n) is 4.46. The maximum absolute atomic E-state index is 13.4. The van der Waals surface area contributed by atoms with Gasteiger partial charge in [-0.1, -0.05) is 17.7 Å². The number of carbonyl (C=O) groups is 1. The molecule has 3 heterocycles. The van der Waals surface area contributed by atoms with E-state index in [1.807, 2.05) is 24.3 Å². The predicted molar refractivity (Wildman–Crippen MR) is 129 cm³/mol. The highest BCUT2D eigenvalue weighted by Crippen LogP contribution is 2.36. The molecule has 3 aromatic rings. The summed E-state index contributed by atoms with van der Waals surface area (Å²) in [6, 6.07) is 13.3. The van der Waals surface area contributed by atoms with Gasteiger partial charge in [0.05, 0.1) is 24.4 Å². The highest BCUT2D eigenvalue weighted by molar-refractivity contribution is 6.33. The average molecular weight is 482 g/mol. The molecule has 0 atom stereocenters. The molecule has 0 aliphatic carbocycles. The van der Waals surface area contributed by atoms with Crippen LogP contribution in [-0.4, -0.2) is 49.1 Å². The third-order valence-electron chi connectivity index (χ3n) is 6.28. The van der Waals surface area contributed by atoms with Crippen molar-refractivity contribution < 1.29 is 18.7 Å². The van der Waals surface area contributed by atoms with Crippen LogP contribution in [0.5, 0.6) is 11.5 Å². The Bertz CT molecular complexity index is 1230. The van der Waals surface area contributed by atoms with E-state index in [0.29, 0.717) is 47.3 Å². The average Bonchev–Trinajstić information content (AvgIpc) is 3.47. The molecule has 1 amide bonds. The lowest BCUT2D eigenvalue weighted by Gasteiger charge is -2.19. The Morgan fingerprint density at radius 2 is 1.88 bits per heavy atom. The highest BCUT2D eigenvalue weighted by atomic mass is 35.5. The van der Waals surface area contributed by atoms with Gasteiger partial charge in [0.15, 0.2) is 11.5 Å². The molecule has 1 saturated heterocycles. The number of ether oxygens (including phenoxy) is 2. The summed E-state index contributed by atoms with van der Waals surface area (Å²) in [5.74, 6) is 0.602. The maximum Gasteiger partial charge on any atom is 0.277 e. The summed E-state index contributed by atoms with van der Waals surface area (Å²) >= 11 is 6.19. The molecular weight excluding hydrogens is 457 g/mol. The Kier molecular flexibility index (Phi) is 6.39. The van der Waals surface area contributed by atoms with Gasteiger partial charge in [0.2, 0.25) is 0 Å². The molecule has 5 rings (SSSR count). The zero-order chi connectivity index (χ0) is 23.7. The number of fused-ring (bicyclic) bond motifs is 1. The lowest BCUT2D eigenvalue weighted by molar-refractivity contribution is 0.0992. The van der Waals surface area contributed by atoms with Crippen molar-refractivity contribution in [2.24, 2.45) is 0 Å². The van der Waals surface area contributed by atoms with Crippen LogP contribution >= 0.6 is 11.6 Å². The standard InChI is InChI=1S/C26H25ClFN3O3/c1-33-24-15-19(6-9-23(24)34-13-12-30-10-2-3-11-30)31-16-17-4-8-22(29-25(17)26(31)32)20-7-5-18(28)14-21(20)27/h4-9,14-15H,2-3,10-13,16H2,1H3. The first-order chi connectivity index (χ1) is 16.5. The van der Waals surface area contributed by atoms with Crippen molar-refractivity contribution in [1.29, 1.82) is 0 Å². The summed E-state index contributed by atoms with van der Waals surface area (Å²) in [6.45, 7) is 4.12. The van der Waals surface area contributed by atoms with Gasteiger partial charge in [-0.25, -0.2) is 9.37 Å². The van der Waals surface area contributed by atoms with Crippen LogP contribution in [0.25, 0.3) is 11.3 Å². The van der Waals surface area contributed by atoms with E-state index >= 15 is 0 Å². The molecule has 2 aromatic carbocycles. The van der Waals surface area contributed by atoms with Crippen LogP contribution < -0.4 is 14.4 Å². The molecule has 2 aliphatic heterocycles. The van der Waals surface area contributed by atoms with Crippen molar-refractivity contribution in [1.82, 2.24) is 9.88 Å². The summed E-state index contributed by atoms with van der Waals surface area (Å²) in [5.41, 5.74) is 2.99. The zero-order valence-electron chi connectivity index (χ0n) is 18.9. The molecule has 0 spiro atoms. The first-order valence-electron chi connectivity index (χ1n) is 11.3. The van der Waals surface area contributed by atoms with E-state index in [2.05, 4.69) is 9.88 Å². The number of anilines is 1. The Labute approximate surface area is 202 Å². The number of carbonyl (C=O) groups excluding carboxylic acids is 1. The number of aromatic nitrogens is 1. The number of hydrogen-bond donors (Lipinski definition) is 0. The summed E-state index contributed by atoms with van der Waals surface area (Å²) in [6.07, 6.45) is 2.50. The predicted octanol–water partition coefficient (Wildman–Crippen LogP) is 5.18. The number of amides is 1. The molecule has 0 radical (unpaired) electrons. The van der Waals surface area contributed by atoms with Crippen molar-refractivity contribution in [2.75, 3.05) is 38.3 Å². The second-order valence-corrected chi connectivity index (χ2v) is 8.86. The number of benzene rings is 2. The van der Waals surface area contributed by atoms with Crippen molar-refractivity contribution in [3.63, 3.8) is 0 Å². The van der Waals surface area contributed by atoms with Gasteiger partial charge in [-0.15, -0.1) is 0 Å². The van der Waals surface area contributed by atoms with Crippen molar-refractivity contribution in [3.8, 4) is 22.8 Å². The van der Waals surface area contributed by atoms with E-state index in [9.17, 15) is 9.18 Å². The second kappa shape index (κ2) is 9.60. The number of nitrogens with zero attached hydrogens (tertiary/aromatic N) is 3. The van der Waals surface area contributed by atoms with E-state index in [1.54, 1.807) is 24.1 Å². The number of rotatable bonds is 7. The van der Waals surface area contributed by atoms with E-state index in [1.165, 1.54) is 25.0 Å². The Morgan fingerprint density at radius 3 is 2.65 bits per heavy atom. The van der Waals surface area contributed by atoms with Gasteiger partial charge in [0.1, 0.15) is 18.1 Å². The largest absolute Gasteiger partial charge is 0.493 e. The number of likely N-dealkylation sites (tertiary alicyclic amines) is 1. The van der Waals surface area contributed by atoms with Crippen LogP contribution in [0.15, 0.2) is 48.5 Å². The minimum absolute atomic E-state index is 0.208. The number of halogens is 2. The van der Waals surface area contributed by atoms with Crippen LogP contribution in [0.1, 0.15) is 28.9 Å². The molecule has 34 heavy (non-hydrogen) atoms. The smallest absolute Gasteiger partial charge is 0.277 e. The van der Waals surface area contributed by atoms with Crippen molar-refractivity contribution in [3.05, 3.63) is 70.6 Å². The van der Waals surface area contributed by atoms with Gasteiger partial charge < -0.3 is 14.4 Å². The topological polar surface area (TPSA) is 54.9 Å². The Morgan fingerprint density at radius 1 is 1.06 bits per heavy atom. The third kappa shape index (κ3) is 4.45. The number of pyridine rings is 1. The Hall–Kier alpha value is -3.16. The minimum Gasteiger partial charge on any atom is -0.493 e. The van der Waals surface area contributed by atoms with Gasteiger partial charge in [0.25, 0.3) is 5.91 Å². The first kappa shape index (κ1) is 22.6. The maximum atomic E-state index is 13.4. The van der Waals surface area contributed by atoms with Gasteiger partial charge in [-0.05, 0) is 62.3 Å². The summed E-state index contributed by atoms with van der Waals surface area (Å²) < 4.78 is 24.9. The van der Waals surface area contributed by atoms with Crippen LogP contribution in [0, 0.1) is 5.82 Å².